The molecule has 1 fully saturated rings. The summed E-state index contributed by atoms with van der Waals surface area (Å²) in [6.45, 7) is 4.87. The molecule has 1 aliphatic rings. The summed E-state index contributed by atoms with van der Waals surface area (Å²) in [6.07, 6.45) is 1.81. The molecule has 0 spiro atoms. The van der Waals surface area contributed by atoms with E-state index in [2.05, 4.69) is 28.1 Å². The Labute approximate surface area is 182 Å². The number of piperazine rings is 1. The van der Waals surface area contributed by atoms with Crippen LogP contribution in [-0.4, -0.2) is 47.0 Å². The zero-order valence-electron chi connectivity index (χ0n) is 17.5. The SMILES string of the molecule is Cc1cc(C(=O)N2CCN(c3ccccn3)CC2)c2cccc(-c3ccccc3)c2n1. The van der Waals surface area contributed by atoms with Gasteiger partial charge in [0.05, 0.1) is 11.1 Å². The van der Waals surface area contributed by atoms with E-state index in [-0.39, 0.29) is 5.91 Å². The van der Waals surface area contributed by atoms with Crippen molar-refractivity contribution in [3.63, 3.8) is 0 Å². The molecular weight excluding hydrogens is 384 g/mol. The van der Waals surface area contributed by atoms with Crippen molar-refractivity contribution < 1.29 is 4.79 Å². The van der Waals surface area contributed by atoms with E-state index < -0.39 is 0 Å². The van der Waals surface area contributed by atoms with Gasteiger partial charge in [-0.1, -0.05) is 54.6 Å². The van der Waals surface area contributed by atoms with Crippen LogP contribution < -0.4 is 4.90 Å². The van der Waals surface area contributed by atoms with Crippen LogP contribution in [0.15, 0.2) is 79.0 Å². The van der Waals surface area contributed by atoms with E-state index in [4.69, 9.17) is 4.98 Å². The van der Waals surface area contributed by atoms with Crippen molar-refractivity contribution in [1.29, 1.82) is 0 Å². The summed E-state index contributed by atoms with van der Waals surface area (Å²) in [4.78, 5) is 26.9. The third-order valence-electron chi connectivity index (χ3n) is 5.82. The average Bonchev–Trinajstić information content (AvgIpc) is 2.84. The maximum absolute atomic E-state index is 13.5. The quantitative estimate of drug-likeness (QED) is 0.498. The predicted octanol–water partition coefficient (Wildman–Crippen LogP) is 4.57. The molecule has 2 aromatic carbocycles. The van der Waals surface area contributed by atoms with Gasteiger partial charge in [0.1, 0.15) is 5.82 Å². The van der Waals surface area contributed by atoms with Gasteiger partial charge in [0.15, 0.2) is 0 Å². The lowest BCUT2D eigenvalue weighted by atomic mass is 9.98. The molecule has 31 heavy (non-hydrogen) atoms. The molecule has 0 bridgehead atoms. The van der Waals surface area contributed by atoms with Crippen molar-refractivity contribution in [2.45, 2.75) is 6.92 Å². The predicted molar refractivity (Wildman–Crippen MR) is 124 cm³/mol. The van der Waals surface area contributed by atoms with Gasteiger partial charge in [-0.05, 0) is 30.7 Å². The zero-order valence-corrected chi connectivity index (χ0v) is 17.5. The lowest BCUT2D eigenvalue weighted by Crippen LogP contribution is -2.49. The Balaban J connectivity index is 1.46. The third kappa shape index (κ3) is 3.75. The van der Waals surface area contributed by atoms with Gasteiger partial charge in [0.25, 0.3) is 5.91 Å². The molecule has 0 saturated carbocycles. The highest BCUT2D eigenvalue weighted by atomic mass is 16.2. The van der Waals surface area contributed by atoms with Crippen LogP contribution in [0.1, 0.15) is 16.1 Å². The van der Waals surface area contributed by atoms with Gasteiger partial charge in [-0.15, -0.1) is 0 Å². The summed E-state index contributed by atoms with van der Waals surface area (Å²) in [5, 5.41) is 0.907. The number of anilines is 1. The molecule has 0 radical (unpaired) electrons. The average molecular weight is 409 g/mol. The van der Waals surface area contributed by atoms with Crippen LogP contribution in [0.3, 0.4) is 0 Å². The first kappa shape index (κ1) is 19.2. The number of rotatable bonds is 3. The van der Waals surface area contributed by atoms with Crippen molar-refractivity contribution in [2.75, 3.05) is 31.1 Å². The number of nitrogens with zero attached hydrogens (tertiary/aromatic N) is 4. The number of fused-ring (bicyclic) bond motifs is 1. The van der Waals surface area contributed by atoms with Crippen molar-refractivity contribution in [2.24, 2.45) is 0 Å². The topological polar surface area (TPSA) is 49.3 Å². The zero-order chi connectivity index (χ0) is 21.2. The molecule has 5 rings (SSSR count). The number of carbonyl (C=O) groups excluding carboxylic acids is 1. The molecular formula is C26H24N4O. The molecule has 5 heteroatoms. The number of carbonyl (C=O) groups is 1. The molecule has 154 valence electrons. The fourth-order valence-corrected chi connectivity index (χ4v) is 4.25. The van der Waals surface area contributed by atoms with Crippen molar-refractivity contribution in [3.8, 4) is 11.1 Å². The Bertz CT molecular complexity index is 1220. The highest BCUT2D eigenvalue weighted by Crippen LogP contribution is 2.30. The number of hydrogen-bond acceptors (Lipinski definition) is 4. The van der Waals surface area contributed by atoms with Crippen LogP contribution in [0.5, 0.6) is 0 Å². The molecule has 1 amide bonds. The molecule has 0 unspecified atom stereocenters. The van der Waals surface area contributed by atoms with Gasteiger partial charge < -0.3 is 9.80 Å². The van der Waals surface area contributed by atoms with E-state index in [1.54, 1.807) is 0 Å². The Morgan fingerprint density at radius 2 is 1.65 bits per heavy atom. The van der Waals surface area contributed by atoms with E-state index in [9.17, 15) is 4.79 Å². The number of hydrogen-bond donors (Lipinski definition) is 0. The second-order valence-corrected chi connectivity index (χ2v) is 7.85. The van der Waals surface area contributed by atoms with Gasteiger partial charge in [0.2, 0.25) is 0 Å². The molecule has 0 atom stereocenters. The van der Waals surface area contributed by atoms with Crippen LogP contribution in [0.25, 0.3) is 22.0 Å². The maximum atomic E-state index is 13.5. The largest absolute Gasteiger partial charge is 0.353 e. The van der Waals surface area contributed by atoms with E-state index in [0.29, 0.717) is 13.1 Å². The number of pyridine rings is 2. The Kier molecular flexibility index (Phi) is 5.08. The van der Waals surface area contributed by atoms with Crippen LogP contribution in [0.2, 0.25) is 0 Å². The van der Waals surface area contributed by atoms with Crippen molar-refractivity contribution in [3.05, 3.63) is 90.3 Å². The summed E-state index contributed by atoms with van der Waals surface area (Å²) in [5.41, 5.74) is 4.62. The first-order valence-electron chi connectivity index (χ1n) is 10.6. The third-order valence-corrected chi connectivity index (χ3v) is 5.82. The Morgan fingerprint density at radius 1 is 0.871 bits per heavy atom. The Hall–Kier alpha value is -3.73. The van der Waals surface area contributed by atoms with Crippen LogP contribution in [0, 0.1) is 6.92 Å². The van der Waals surface area contributed by atoms with Gasteiger partial charge in [-0.25, -0.2) is 4.98 Å². The minimum Gasteiger partial charge on any atom is -0.353 e. The molecule has 4 aromatic rings. The number of para-hydroxylation sites is 1. The summed E-state index contributed by atoms with van der Waals surface area (Å²) < 4.78 is 0. The van der Waals surface area contributed by atoms with Gasteiger partial charge >= 0.3 is 0 Å². The normalized spacial score (nSPS) is 14.1. The standard InChI is InChI=1S/C26H24N4O/c1-19-18-23(22-11-7-10-21(25(22)28-19)20-8-3-2-4-9-20)26(31)30-16-14-29(15-17-30)24-12-5-6-13-27-24/h2-13,18H,14-17H2,1H3. The fraction of sp³-hybridized carbons (Fsp3) is 0.192. The second kappa shape index (κ2) is 8.19. The van der Waals surface area contributed by atoms with Crippen LogP contribution in [-0.2, 0) is 0 Å². The summed E-state index contributed by atoms with van der Waals surface area (Å²) in [6, 6.07) is 24.2. The first-order chi connectivity index (χ1) is 15.2. The summed E-state index contributed by atoms with van der Waals surface area (Å²) >= 11 is 0. The van der Waals surface area contributed by atoms with E-state index in [1.807, 2.05) is 72.6 Å². The van der Waals surface area contributed by atoms with Gasteiger partial charge in [-0.3, -0.25) is 9.78 Å². The number of aryl methyl sites for hydroxylation is 1. The fourth-order valence-electron chi connectivity index (χ4n) is 4.25. The minimum absolute atomic E-state index is 0.0707. The molecule has 0 N–H and O–H groups in total. The molecule has 3 heterocycles. The maximum Gasteiger partial charge on any atom is 0.254 e. The summed E-state index contributed by atoms with van der Waals surface area (Å²) in [7, 11) is 0. The molecule has 5 nitrogen and oxygen atoms in total. The van der Waals surface area contributed by atoms with Crippen LogP contribution >= 0.6 is 0 Å². The lowest BCUT2D eigenvalue weighted by Gasteiger charge is -2.35. The minimum atomic E-state index is 0.0707. The van der Waals surface area contributed by atoms with Gasteiger partial charge in [0, 0.05) is 49.0 Å². The van der Waals surface area contributed by atoms with E-state index in [0.717, 1.165) is 52.2 Å². The number of aromatic nitrogens is 2. The van der Waals surface area contributed by atoms with Crippen molar-refractivity contribution in [1.82, 2.24) is 14.9 Å². The second-order valence-electron chi connectivity index (χ2n) is 7.85. The Morgan fingerprint density at radius 3 is 2.39 bits per heavy atom. The van der Waals surface area contributed by atoms with E-state index in [1.165, 1.54) is 0 Å². The molecule has 1 aliphatic heterocycles. The highest BCUT2D eigenvalue weighted by molar-refractivity contribution is 6.09. The molecule has 2 aromatic heterocycles. The van der Waals surface area contributed by atoms with Gasteiger partial charge in [-0.2, -0.15) is 0 Å². The highest BCUT2D eigenvalue weighted by Gasteiger charge is 2.25. The number of benzene rings is 2. The smallest absolute Gasteiger partial charge is 0.254 e. The first-order valence-corrected chi connectivity index (χ1v) is 10.6. The van der Waals surface area contributed by atoms with Crippen LogP contribution in [0.4, 0.5) is 5.82 Å². The molecule has 1 saturated heterocycles. The van der Waals surface area contributed by atoms with E-state index >= 15 is 0 Å². The van der Waals surface area contributed by atoms with Crippen molar-refractivity contribution >= 4 is 22.6 Å². The monoisotopic (exact) mass is 408 g/mol. The number of amides is 1. The lowest BCUT2D eigenvalue weighted by molar-refractivity contribution is 0.0748. The molecule has 0 aliphatic carbocycles. The summed E-state index contributed by atoms with van der Waals surface area (Å²) in [5.74, 6) is 1.04.